The third kappa shape index (κ3) is 5.98. The van der Waals surface area contributed by atoms with Crippen LogP contribution in [0.1, 0.15) is 30.4 Å². The lowest BCUT2D eigenvalue weighted by atomic mass is 9.73. The molecule has 11 heteroatoms. The number of fused-ring (bicyclic) bond motifs is 1. The molecule has 212 valence electrons. The van der Waals surface area contributed by atoms with E-state index in [9.17, 15) is 25.0 Å². The van der Waals surface area contributed by atoms with Gasteiger partial charge in [0.1, 0.15) is 11.6 Å². The van der Waals surface area contributed by atoms with Crippen LogP contribution in [0, 0.1) is 26.1 Å². The highest BCUT2D eigenvalue weighted by molar-refractivity contribution is 6.30. The standard InChI is InChI=1S/C31H25ClN4O6/c1-2-42-31(37)30-26(20-9-11-24(32)12-10-20)16-23(22-8-7-19-5-3-4-6-21(19)15-22)17-28(30)34-33-27-14-13-25(35(38)39)18-29(27)36(40)41/h3-15,17-18,26,30,33H,2,16H2,1H3/b34-28+. The SMILES string of the molecule is CCOC(=O)C1/C(=N/Nc2ccc([N+](=O)[O-])cc2[N+](=O)[O-])C=C(c2ccc3ccccc3c2)CC1c1ccc(Cl)cc1. The van der Waals surface area contributed by atoms with Crippen molar-refractivity contribution in [2.24, 2.45) is 11.0 Å². The maximum Gasteiger partial charge on any atom is 0.315 e. The number of anilines is 1. The van der Waals surface area contributed by atoms with Crippen molar-refractivity contribution in [1.29, 1.82) is 0 Å². The quantitative estimate of drug-likeness (QED) is 0.128. The van der Waals surface area contributed by atoms with Gasteiger partial charge < -0.3 is 4.74 Å². The lowest BCUT2D eigenvalue weighted by molar-refractivity contribution is -0.393. The molecule has 2 atom stereocenters. The first-order valence-corrected chi connectivity index (χ1v) is 13.5. The van der Waals surface area contributed by atoms with Gasteiger partial charge in [0.05, 0.1) is 28.2 Å². The zero-order valence-electron chi connectivity index (χ0n) is 22.4. The van der Waals surface area contributed by atoms with E-state index in [1.807, 2.05) is 48.5 Å². The minimum Gasteiger partial charge on any atom is -0.465 e. The van der Waals surface area contributed by atoms with E-state index in [0.717, 1.165) is 39.6 Å². The lowest BCUT2D eigenvalue weighted by Crippen LogP contribution is -2.34. The van der Waals surface area contributed by atoms with E-state index in [1.54, 1.807) is 25.1 Å². The molecule has 1 N–H and O–H groups in total. The van der Waals surface area contributed by atoms with Crippen molar-refractivity contribution in [2.45, 2.75) is 19.3 Å². The van der Waals surface area contributed by atoms with E-state index in [-0.39, 0.29) is 18.2 Å². The summed E-state index contributed by atoms with van der Waals surface area (Å²) in [7, 11) is 0. The van der Waals surface area contributed by atoms with E-state index in [4.69, 9.17) is 16.3 Å². The van der Waals surface area contributed by atoms with Crippen molar-refractivity contribution in [3.05, 3.63) is 127 Å². The second-order valence-electron chi connectivity index (χ2n) is 9.69. The Bertz CT molecular complexity index is 1750. The molecule has 1 aliphatic rings. The number of hydrogen-bond acceptors (Lipinski definition) is 8. The Labute approximate surface area is 245 Å². The Balaban J connectivity index is 1.65. The van der Waals surface area contributed by atoms with Gasteiger partial charge in [-0.25, -0.2) is 0 Å². The molecule has 2 unspecified atom stereocenters. The fraction of sp³-hybridized carbons (Fsp3) is 0.161. The first-order valence-electron chi connectivity index (χ1n) is 13.1. The van der Waals surface area contributed by atoms with E-state index in [0.29, 0.717) is 17.2 Å². The molecule has 0 saturated carbocycles. The van der Waals surface area contributed by atoms with Crippen LogP contribution in [-0.2, 0) is 9.53 Å². The molecule has 42 heavy (non-hydrogen) atoms. The number of hydrogen-bond donors (Lipinski definition) is 1. The Morgan fingerprint density at radius 3 is 2.40 bits per heavy atom. The van der Waals surface area contributed by atoms with Gasteiger partial charge >= 0.3 is 11.7 Å². The third-order valence-electron chi connectivity index (χ3n) is 7.14. The molecule has 0 bridgehead atoms. The summed E-state index contributed by atoms with van der Waals surface area (Å²) in [5.41, 5.74) is 4.66. The number of nitrogens with one attached hydrogen (secondary N) is 1. The average Bonchev–Trinajstić information content (AvgIpc) is 2.99. The van der Waals surface area contributed by atoms with Crippen LogP contribution in [0.2, 0.25) is 5.02 Å². The molecule has 0 aromatic heterocycles. The molecule has 5 rings (SSSR count). The second kappa shape index (κ2) is 12.2. The summed E-state index contributed by atoms with van der Waals surface area (Å²) in [6.07, 6.45) is 2.28. The van der Waals surface area contributed by atoms with Crippen LogP contribution in [0.15, 0.2) is 96.1 Å². The summed E-state index contributed by atoms with van der Waals surface area (Å²) in [4.78, 5) is 34.9. The van der Waals surface area contributed by atoms with E-state index in [2.05, 4.69) is 16.6 Å². The van der Waals surface area contributed by atoms with Crippen molar-refractivity contribution in [2.75, 3.05) is 12.0 Å². The van der Waals surface area contributed by atoms with Crippen LogP contribution >= 0.6 is 11.6 Å². The van der Waals surface area contributed by atoms with Gasteiger partial charge in [-0.2, -0.15) is 5.10 Å². The first-order chi connectivity index (χ1) is 20.2. The second-order valence-corrected chi connectivity index (χ2v) is 10.1. The molecule has 0 radical (unpaired) electrons. The molecule has 0 fully saturated rings. The van der Waals surface area contributed by atoms with E-state index in [1.165, 1.54) is 6.07 Å². The highest BCUT2D eigenvalue weighted by Crippen LogP contribution is 2.42. The third-order valence-corrected chi connectivity index (χ3v) is 7.39. The van der Waals surface area contributed by atoms with Gasteiger partial charge in [0.15, 0.2) is 0 Å². The summed E-state index contributed by atoms with van der Waals surface area (Å²) >= 11 is 6.16. The average molecular weight is 585 g/mol. The predicted octanol–water partition coefficient (Wildman–Crippen LogP) is 7.53. The van der Waals surface area contributed by atoms with Crippen molar-refractivity contribution >= 4 is 56.7 Å². The van der Waals surface area contributed by atoms with Crippen LogP contribution < -0.4 is 5.43 Å². The molecule has 0 spiro atoms. The van der Waals surface area contributed by atoms with Gasteiger partial charge in [0, 0.05) is 17.0 Å². The maximum atomic E-state index is 13.4. The minimum absolute atomic E-state index is 0.0602. The number of carbonyl (C=O) groups excluding carboxylic acids is 1. The number of halogens is 1. The number of benzene rings is 4. The number of nitro benzene ring substituents is 2. The zero-order valence-corrected chi connectivity index (χ0v) is 23.2. The van der Waals surface area contributed by atoms with Crippen molar-refractivity contribution in [3.8, 4) is 0 Å². The van der Waals surface area contributed by atoms with Gasteiger partial charge in [-0.05, 0) is 71.2 Å². The first kappa shape index (κ1) is 28.4. The van der Waals surface area contributed by atoms with E-state index >= 15 is 0 Å². The highest BCUT2D eigenvalue weighted by atomic mass is 35.5. The van der Waals surface area contributed by atoms with Crippen LogP contribution in [0.5, 0.6) is 0 Å². The molecule has 0 aliphatic heterocycles. The Kier molecular flexibility index (Phi) is 8.26. The Hall–Kier alpha value is -5.09. The Morgan fingerprint density at radius 1 is 0.976 bits per heavy atom. The summed E-state index contributed by atoms with van der Waals surface area (Å²) in [6, 6.07) is 24.5. The fourth-order valence-corrected chi connectivity index (χ4v) is 5.25. The molecule has 4 aromatic rings. The number of ether oxygens (including phenoxy) is 1. The monoisotopic (exact) mass is 584 g/mol. The number of hydrazone groups is 1. The number of allylic oxidation sites excluding steroid dienone is 2. The number of esters is 1. The largest absolute Gasteiger partial charge is 0.465 e. The summed E-state index contributed by atoms with van der Waals surface area (Å²) in [5, 5.41) is 30.0. The van der Waals surface area contributed by atoms with Crippen molar-refractivity contribution in [1.82, 2.24) is 0 Å². The van der Waals surface area contributed by atoms with Gasteiger partial charge in [-0.3, -0.25) is 30.4 Å². The van der Waals surface area contributed by atoms with E-state index < -0.39 is 33.1 Å². The molecule has 0 amide bonds. The molecule has 0 saturated heterocycles. The topological polar surface area (TPSA) is 137 Å². The summed E-state index contributed by atoms with van der Waals surface area (Å²) < 4.78 is 5.46. The predicted molar refractivity (Wildman–Crippen MR) is 162 cm³/mol. The van der Waals surface area contributed by atoms with Crippen LogP contribution in [-0.4, -0.2) is 28.1 Å². The summed E-state index contributed by atoms with van der Waals surface area (Å²) in [6.45, 7) is 1.86. The van der Waals surface area contributed by atoms with Crippen LogP contribution in [0.3, 0.4) is 0 Å². The van der Waals surface area contributed by atoms with Crippen molar-refractivity contribution in [3.63, 3.8) is 0 Å². The Morgan fingerprint density at radius 2 is 1.71 bits per heavy atom. The number of nitro groups is 2. The number of non-ortho nitro benzene ring substituents is 1. The number of rotatable bonds is 8. The zero-order chi connectivity index (χ0) is 29.8. The summed E-state index contributed by atoms with van der Waals surface area (Å²) in [5.74, 6) is -1.73. The number of carbonyl (C=O) groups is 1. The number of nitrogens with zero attached hydrogens (tertiary/aromatic N) is 3. The van der Waals surface area contributed by atoms with Gasteiger partial charge in [-0.1, -0.05) is 60.1 Å². The maximum absolute atomic E-state index is 13.4. The molecule has 1 aliphatic carbocycles. The van der Waals surface area contributed by atoms with Crippen LogP contribution in [0.4, 0.5) is 17.1 Å². The molecule has 10 nitrogen and oxygen atoms in total. The highest BCUT2D eigenvalue weighted by Gasteiger charge is 2.39. The molecule has 0 heterocycles. The van der Waals surface area contributed by atoms with Gasteiger partial charge in [-0.15, -0.1) is 0 Å². The smallest absolute Gasteiger partial charge is 0.315 e. The lowest BCUT2D eigenvalue weighted by Gasteiger charge is -2.31. The molecular formula is C31H25ClN4O6. The van der Waals surface area contributed by atoms with Gasteiger partial charge in [0.2, 0.25) is 0 Å². The molecule has 4 aromatic carbocycles. The molecular weight excluding hydrogens is 560 g/mol. The van der Waals surface area contributed by atoms with Crippen LogP contribution in [0.25, 0.3) is 16.3 Å². The minimum atomic E-state index is -0.847. The fourth-order valence-electron chi connectivity index (χ4n) is 5.12. The van der Waals surface area contributed by atoms with Crippen molar-refractivity contribution < 1.29 is 19.4 Å². The van der Waals surface area contributed by atoms with Gasteiger partial charge in [0.25, 0.3) is 5.69 Å². The normalized spacial score (nSPS) is 17.5.